The van der Waals surface area contributed by atoms with Gasteiger partial charge in [-0.1, -0.05) is 30.3 Å². The molecule has 1 aliphatic heterocycles. The van der Waals surface area contributed by atoms with E-state index in [1.807, 2.05) is 0 Å². The normalized spacial score (nSPS) is 18.0. The Morgan fingerprint density at radius 3 is 2.63 bits per heavy atom. The Labute approximate surface area is 153 Å². The van der Waals surface area contributed by atoms with Crippen LogP contribution in [0.4, 0.5) is 13.2 Å². The van der Waals surface area contributed by atoms with Gasteiger partial charge in [-0.15, -0.1) is 13.2 Å². The minimum absolute atomic E-state index is 0.124. The fourth-order valence-corrected chi connectivity index (χ4v) is 4.72. The molecule has 2 aromatic carbocycles. The Morgan fingerprint density at radius 1 is 1.26 bits per heavy atom. The molecular formula is C17H14F3N2O4S. The van der Waals surface area contributed by atoms with Crippen molar-refractivity contribution in [1.82, 2.24) is 4.31 Å². The zero-order chi connectivity index (χ0) is 19.8. The van der Waals surface area contributed by atoms with E-state index in [4.69, 9.17) is 5.73 Å². The van der Waals surface area contributed by atoms with Gasteiger partial charge in [0.15, 0.2) is 0 Å². The molecule has 0 bridgehead atoms. The fourth-order valence-electron chi connectivity index (χ4n) is 3.03. The quantitative estimate of drug-likeness (QED) is 0.853. The maximum atomic E-state index is 13.1. The minimum atomic E-state index is -5.07. The van der Waals surface area contributed by atoms with Crippen LogP contribution in [0.1, 0.15) is 17.2 Å². The topological polar surface area (TPSA) is 89.7 Å². The number of benzene rings is 2. The number of nitrogens with zero attached hydrogens (tertiary/aromatic N) is 1. The van der Waals surface area contributed by atoms with Crippen molar-refractivity contribution in [3.8, 4) is 5.75 Å². The van der Waals surface area contributed by atoms with E-state index in [0.717, 1.165) is 16.4 Å². The van der Waals surface area contributed by atoms with Crippen molar-refractivity contribution in [3.63, 3.8) is 0 Å². The van der Waals surface area contributed by atoms with E-state index in [1.165, 1.54) is 24.3 Å². The molecule has 27 heavy (non-hydrogen) atoms. The summed E-state index contributed by atoms with van der Waals surface area (Å²) in [6.07, 6.45) is -4.81. The second kappa shape index (κ2) is 6.86. The van der Waals surface area contributed by atoms with E-state index in [1.54, 1.807) is 6.07 Å². The number of hydrogen-bond donors (Lipinski definition) is 1. The first-order valence-corrected chi connectivity index (χ1v) is 9.20. The summed E-state index contributed by atoms with van der Waals surface area (Å²) in [5, 5.41) is 0. The molecule has 0 aliphatic carbocycles. The molecule has 0 aromatic heterocycles. The molecule has 1 amide bonds. The van der Waals surface area contributed by atoms with E-state index in [2.05, 4.69) is 10.8 Å². The number of para-hydroxylation sites is 1. The predicted octanol–water partition coefficient (Wildman–Crippen LogP) is 2.16. The second-order valence-corrected chi connectivity index (χ2v) is 7.65. The van der Waals surface area contributed by atoms with E-state index in [9.17, 15) is 26.4 Å². The maximum absolute atomic E-state index is 13.1. The van der Waals surface area contributed by atoms with Gasteiger partial charge in [-0.05, 0) is 35.7 Å². The van der Waals surface area contributed by atoms with E-state index >= 15 is 0 Å². The average Bonchev–Trinajstić information content (AvgIpc) is 2.59. The van der Waals surface area contributed by atoms with Gasteiger partial charge < -0.3 is 10.5 Å². The van der Waals surface area contributed by atoms with Gasteiger partial charge in [0.25, 0.3) is 0 Å². The van der Waals surface area contributed by atoms with Crippen LogP contribution in [0.3, 0.4) is 0 Å². The van der Waals surface area contributed by atoms with Gasteiger partial charge in [-0.3, -0.25) is 4.79 Å². The zero-order valence-corrected chi connectivity index (χ0v) is 14.5. The Bertz CT molecular complexity index is 976. The Morgan fingerprint density at radius 2 is 1.96 bits per heavy atom. The van der Waals surface area contributed by atoms with Crippen molar-refractivity contribution in [2.75, 3.05) is 6.54 Å². The number of carbonyl (C=O) groups excluding carboxylic acids is 1. The van der Waals surface area contributed by atoms with Crippen molar-refractivity contribution in [2.45, 2.75) is 23.7 Å². The van der Waals surface area contributed by atoms with E-state index in [0.29, 0.717) is 11.1 Å². The molecule has 1 heterocycles. The van der Waals surface area contributed by atoms with E-state index < -0.39 is 39.0 Å². The van der Waals surface area contributed by atoms with Crippen LogP contribution < -0.4 is 10.5 Å². The highest BCUT2D eigenvalue weighted by Gasteiger charge is 2.42. The van der Waals surface area contributed by atoms with E-state index in [-0.39, 0.29) is 13.0 Å². The third-order valence-corrected chi connectivity index (χ3v) is 6.01. The van der Waals surface area contributed by atoms with Crippen LogP contribution in [-0.4, -0.2) is 31.5 Å². The molecule has 1 aliphatic rings. The van der Waals surface area contributed by atoms with Gasteiger partial charge >= 0.3 is 6.36 Å². The second-order valence-electron chi connectivity index (χ2n) is 5.79. The molecule has 1 radical (unpaired) electrons. The van der Waals surface area contributed by atoms with Crippen molar-refractivity contribution in [3.05, 3.63) is 59.7 Å². The minimum Gasteiger partial charge on any atom is -0.404 e. The summed E-state index contributed by atoms with van der Waals surface area (Å²) in [4.78, 5) is 11.3. The van der Waals surface area contributed by atoms with Gasteiger partial charge in [-0.25, -0.2) is 8.42 Å². The van der Waals surface area contributed by atoms with Gasteiger partial charge in [0.05, 0.1) is 0 Å². The summed E-state index contributed by atoms with van der Waals surface area (Å²) >= 11 is 0. The lowest BCUT2D eigenvalue weighted by Crippen LogP contribution is -2.45. The Balaban J connectivity index is 2.09. The number of carbonyl (C=O) groups is 1. The highest BCUT2D eigenvalue weighted by atomic mass is 32.2. The lowest BCUT2D eigenvalue weighted by Gasteiger charge is -2.34. The van der Waals surface area contributed by atoms with Crippen molar-refractivity contribution < 1.29 is 31.1 Å². The molecule has 143 valence electrons. The Kier molecular flexibility index (Phi) is 4.87. The molecule has 1 unspecified atom stereocenters. The lowest BCUT2D eigenvalue weighted by molar-refractivity contribution is -0.275. The molecule has 6 nitrogen and oxygen atoms in total. The third kappa shape index (κ3) is 3.76. The number of hydrogen-bond acceptors (Lipinski definition) is 4. The first-order chi connectivity index (χ1) is 12.6. The van der Waals surface area contributed by atoms with Crippen LogP contribution in [0, 0.1) is 6.07 Å². The number of primary amides is 1. The molecule has 2 aromatic rings. The summed E-state index contributed by atoms with van der Waals surface area (Å²) < 4.78 is 68.7. The zero-order valence-electron chi connectivity index (χ0n) is 13.7. The van der Waals surface area contributed by atoms with Gasteiger partial charge in [0.2, 0.25) is 15.9 Å². The number of fused-ring (bicyclic) bond motifs is 1. The number of rotatable bonds is 4. The van der Waals surface area contributed by atoms with Crippen molar-refractivity contribution in [1.29, 1.82) is 0 Å². The first kappa shape index (κ1) is 19.2. The molecular weight excluding hydrogens is 385 g/mol. The van der Waals surface area contributed by atoms with Crippen LogP contribution in [-0.2, 0) is 21.2 Å². The van der Waals surface area contributed by atoms with Gasteiger partial charge in [-0.2, -0.15) is 4.31 Å². The predicted molar refractivity (Wildman–Crippen MR) is 87.9 cm³/mol. The molecule has 10 heteroatoms. The van der Waals surface area contributed by atoms with Crippen LogP contribution >= 0.6 is 0 Å². The Hall–Kier alpha value is -2.59. The SMILES string of the molecule is NC(=O)C1c2cc[c]cc2CCN1S(=O)(=O)c1ccccc1OC(F)(F)F. The maximum Gasteiger partial charge on any atom is 0.573 e. The molecule has 2 N–H and O–H groups in total. The summed E-state index contributed by atoms with van der Waals surface area (Å²) in [6.45, 7) is -0.124. The molecule has 1 atom stereocenters. The van der Waals surface area contributed by atoms with Crippen LogP contribution in [0.15, 0.2) is 47.4 Å². The number of amides is 1. The van der Waals surface area contributed by atoms with Crippen LogP contribution in [0.5, 0.6) is 5.75 Å². The third-order valence-electron chi connectivity index (χ3n) is 4.10. The summed E-state index contributed by atoms with van der Waals surface area (Å²) in [7, 11) is -4.50. The number of alkyl halides is 3. The highest BCUT2D eigenvalue weighted by molar-refractivity contribution is 7.89. The molecule has 0 fully saturated rings. The molecule has 0 saturated heterocycles. The first-order valence-electron chi connectivity index (χ1n) is 7.76. The number of halogens is 3. The molecule has 3 rings (SSSR count). The monoisotopic (exact) mass is 399 g/mol. The smallest absolute Gasteiger partial charge is 0.404 e. The standard InChI is InChI=1S/C17H14F3N2O4S/c18-17(19,20)26-13-7-3-4-8-14(13)27(24,25)22-10-9-11-5-1-2-6-12(11)15(22)16(21)23/h2-8,15H,9-10H2,(H2,21,23). The summed E-state index contributed by atoms with van der Waals surface area (Å²) in [6, 6.07) is 10.5. The fraction of sp³-hybridized carbons (Fsp3) is 0.235. The van der Waals surface area contributed by atoms with Crippen molar-refractivity contribution in [2.24, 2.45) is 5.73 Å². The largest absolute Gasteiger partial charge is 0.573 e. The molecule has 0 spiro atoms. The highest BCUT2D eigenvalue weighted by Crippen LogP contribution is 2.37. The van der Waals surface area contributed by atoms with Gasteiger partial charge in [0.1, 0.15) is 16.7 Å². The summed E-state index contributed by atoms with van der Waals surface area (Å²) in [5.41, 5.74) is 6.50. The number of ether oxygens (including phenoxy) is 1. The van der Waals surface area contributed by atoms with Crippen LogP contribution in [0.25, 0.3) is 0 Å². The van der Waals surface area contributed by atoms with Crippen molar-refractivity contribution >= 4 is 15.9 Å². The van der Waals surface area contributed by atoms with Gasteiger partial charge in [0, 0.05) is 6.54 Å². The van der Waals surface area contributed by atoms with Crippen LogP contribution in [0.2, 0.25) is 0 Å². The molecule has 0 saturated carbocycles. The average molecular weight is 399 g/mol. The summed E-state index contributed by atoms with van der Waals surface area (Å²) in [5.74, 6) is -1.81. The number of nitrogens with two attached hydrogens (primary N) is 1. The number of sulfonamides is 1. The lowest BCUT2D eigenvalue weighted by atomic mass is 9.94.